The van der Waals surface area contributed by atoms with Crippen LogP contribution in [0.25, 0.3) is 0 Å². The fraction of sp³-hybridized carbons (Fsp3) is 0.500. The van der Waals surface area contributed by atoms with E-state index in [9.17, 15) is 0 Å². The first kappa shape index (κ1) is 11.5. The molecular weight excluding hydrogens is 208 g/mol. The Kier molecular flexibility index (Phi) is 3.90. The van der Waals surface area contributed by atoms with Gasteiger partial charge in [-0.15, -0.1) is 0 Å². The molecule has 1 fully saturated rings. The lowest BCUT2D eigenvalue weighted by Gasteiger charge is -2.15. The first-order valence-electron chi connectivity index (χ1n) is 5.32. The molecule has 0 bridgehead atoms. The van der Waals surface area contributed by atoms with Crippen LogP contribution < -0.4 is 0 Å². The van der Waals surface area contributed by atoms with Gasteiger partial charge in [0.25, 0.3) is 0 Å². The van der Waals surface area contributed by atoms with Gasteiger partial charge in [0.1, 0.15) is 6.10 Å². The van der Waals surface area contributed by atoms with Crippen LogP contribution in [0.15, 0.2) is 24.3 Å². The van der Waals surface area contributed by atoms with Gasteiger partial charge in [-0.2, -0.15) is 0 Å². The molecule has 0 radical (unpaired) electrons. The molecule has 1 saturated heterocycles. The number of methoxy groups -OCH3 is 1. The van der Waals surface area contributed by atoms with E-state index in [0.717, 1.165) is 11.1 Å². The highest BCUT2D eigenvalue weighted by Gasteiger charge is 2.19. The van der Waals surface area contributed by atoms with Gasteiger partial charge in [0, 0.05) is 12.7 Å². The van der Waals surface area contributed by atoms with Crippen molar-refractivity contribution in [2.24, 2.45) is 0 Å². The summed E-state index contributed by atoms with van der Waals surface area (Å²) in [6.07, 6.45) is -0.572. The summed E-state index contributed by atoms with van der Waals surface area (Å²) in [5.74, 6) is 0. The standard InChI is InChI=1S/C12H16O4/c1-14-11(8-13)9-3-2-4-10(7-9)12-15-5-6-16-12/h2-4,7,11-13H,5-6,8H2,1H3. The molecule has 0 aromatic heterocycles. The van der Waals surface area contributed by atoms with Gasteiger partial charge >= 0.3 is 0 Å². The van der Waals surface area contributed by atoms with Crippen LogP contribution >= 0.6 is 0 Å². The van der Waals surface area contributed by atoms with Gasteiger partial charge in [0.15, 0.2) is 6.29 Å². The fourth-order valence-electron chi connectivity index (χ4n) is 1.77. The summed E-state index contributed by atoms with van der Waals surface area (Å²) in [6.45, 7) is 1.22. The van der Waals surface area contributed by atoms with E-state index in [1.165, 1.54) is 0 Å². The first-order chi connectivity index (χ1) is 7.85. The predicted octanol–water partition coefficient (Wildman–Crippen LogP) is 1.41. The third kappa shape index (κ3) is 2.41. The smallest absolute Gasteiger partial charge is 0.184 e. The van der Waals surface area contributed by atoms with Crippen molar-refractivity contribution in [2.75, 3.05) is 26.9 Å². The van der Waals surface area contributed by atoms with Gasteiger partial charge in [-0.05, 0) is 11.6 Å². The molecule has 16 heavy (non-hydrogen) atoms. The Bertz CT molecular complexity index is 312. The molecule has 4 nitrogen and oxygen atoms in total. The van der Waals surface area contributed by atoms with Crippen LogP contribution in [0.3, 0.4) is 0 Å². The Morgan fingerprint density at radius 1 is 1.44 bits per heavy atom. The molecule has 1 heterocycles. The van der Waals surface area contributed by atoms with Gasteiger partial charge in [-0.1, -0.05) is 18.2 Å². The second-order valence-corrected chi connectivity index (χ2v) is 3.65. The lowest BCUT2D eigenvalue weighted by molar-refractivity contribution is -0.0443. The monoisotopic (exact) mass is 224 g/mol. The summed E-state index contributed by atoms with van der Waals surface area (Å²) in [5, 5.41) is 9.15. The number of benzene rings is 1. The molecule has 1 unspecified atom stereocenters. The van der Waals surface area contributed by atoms with E-state index < -0.39 is 0 Å². The Hall–Kier alpha value is -0.940. The second-order valence-electron chi connectivity index (χ2n) is 3.65. The Morgan fingerprint density at radius 2 is 2.19 bits per heavy atom. The molecule has 4 heteroatoms. The van der Waals surface area contributed by atoms with Gasteiger partial charge in [-0.25, -0.2) is 0 Å². The van der Waals surface area contributed by atoms with E-state index in [4.69, 9.17) is 19.3 Å². The normalized spacial score (nSPS) is 18.9. The van der Waals surface area contributed by atoms with E-state index in [0.29, 0.717) is 13.2 Å². The number of hydrogen-bond acceptors (Lipinski definition) is 4. The highest BCUT2D eigenvalue weighted by atomic mass is 16.7. The average molecular weight is 224 g/mol. The third-order valence-electron chi connectivity index (χ3n) is 2.63. The van der Waals surface area contributed by atoms with Crippen molar-refractivity contribution in [3.05, 3.63) is 35.4 Å². The van der Waals surface area contributed by atoms with Gasteiger partial charge in [-0.3, -0.25) is 0 Å². The number of ether oxygens (including phenoxy) is 3. The largest absolute Gasteiger partial charge is 0.393 e. The molecule has 0 amide bonds. The van der Waals surface area contributed by atoms with Crippen LogP contribution in [-0.4, -0.2) is 32.0 Å². The van der Waals surface area contributed by atoms with Crippen LogP contribution in [0.2, 0.25) is 0 Å². The molecule has 2 rings (SSSR count). The SMILES string of the molecule is COC(CO)c1cccc(C2OCCO2)c1. The summed E-state index contributed by atoms with van der Waals surface area (Å²) in [4.78, 5) is 0. The summed E-state index contributed by atoms with van der Waals surface area (Å²) in [6, 6.07) is 7.73. The van der Waals surface area contributed by atoms with E-state index >= 15 is 0 Å². The maximum atomic E-state index is 9.15. The summed E-state index contributed by atoms with van der Waals surface area (Å²) in [5.41, 5.74) is 1.90. The van der Waals surface area contributed by atoms with E-state index in [2.05, 4.69) is 0 Å². The summed E-state index contributed by atoms with van der Waals surface area (Å²) in [7, 11) is 1.58. The van der Waals surface area contributed by atoms with Crippen molar-refractivity contribution in [1.29, 1.82) is 0 Å². The number of aliphatic hydroxyl groups is 1. The Morgan fingerprint density at radius 3 is 2.81 bits per heavy atom. The van der Waals surface area contributed by atoms with E-state index in [1.807, 2.05) is 24.3 Å². The quantitative estimate of drug-likeness (QED) is 0.840. The molecule has 1 aromatic rings. The zero-order valence-electron chi connectivity index (χ0n) is 9.26. The average Bonchev–Trinajstić information content (AvgIpc) is 2.85. The summed E-state index contributed by atoms with van der Waals surface area (Å²) < 4.78 is 16.0. The molecular formula is C12H16O4. The topological polar surface area (TPSA) is 47.9 Å². The highest BCUT2D eigenvalue weighted by molar-refractivity contribution is 5.26. The van der Waals surface area contributed by atoms with Gasteiger partial charge < -0.3 is 19.3 Å². The van der Waals surface area contributed by atoms with Gasteiger partial charge in [0.2, 0.25) is 0 Å². The van der Waals surface area contributed by atoms with Crippen molar-refractivity contribution in [2.45, 2.75) is 12.4 Å². The maximum Gasteiger partial charge on any atom is 0.184 e. The molecule has 88 valence electrons. The molecule has 0 spiro atoms. The first-order valence-corrected chi connectivity index (χ1v) is 5.32. The van der Waals surface area contributed by atoms with Crippen molar-refractivity contribution in [3.8, 4) is 0 Å². The van der Waals surface area contributed by atoms with Crippen molar-refractivity contribution in [3.63, 3.8) is 0 Å². The van der Waals surface area contributed by atoms with Crippen LogP contribution in [0.1, 0.15) is 23.5 Å². The zero-order chi connectivity index (χ0) is 11.4. The molecule has 1 aliphatic rings. The van der Waals surface area contributed by atoms with Crippen LogP contribution in [0, 0.1) is 0 Å². The van der Waals surface area contributed by atoms with Gasteiger partial charge in [0.05, 0.1) is 19.8 Å². The summed E-state index contributed by atoms with van der Waals surface area (Å²) >= 11 is 0. The van der Waals surface area contributed by atoms with Crippen molar-refractivity contribution in [1.82, 2.24) is 0 Å². The van der Waals surface area contributed by atoms with Crippen LogP contribution in [0.4, 0.5) is 0 Å². The Balaban J connectivity index is 2.18. The number of rotatable bonds is 4. The zero-order valence-corrected chi connectivity index (χ0v) is 9.26. The van der Waals surface area contributed by atoms with Crippen molar-refractivity contribution < 1.29 is 19.3 Å². The number of hydrogen-bond donors (Lipinski definition) is 1. The van der Waals surface area contributed by atoms with Crippen LogP contribution in [-0.2, 0) is 14.2 Å². The third-order valence-corrected chi connectivity index (χ3v) is 2.63. The maximum absolute atomic E-state index is 9.15. The van der Waals surface area contributed by atoms with Crippen molar-refractivity contribution >= 4 is 0 Å². The predicted molar refractivity (Wildman–Crippen MR) is 57.9 cm³/mol. The fourth-order valence-corrected chi connectivity index (χ4v) is 1.77. The van der Waals surface area contributed by atoms with Crippen LogP contribution in [0.5, 0.6) is 0 Å². The molecule has 0 saturated carbocycles. The molecule has 1 aromatic carbocycles. The number of aliphatic hydroxyl groups excluding tert-OH is 1. The van der Waals surface area contributed by atoms with E-state index in [1.54, 1.807) is 7.11 Å². The minimum absolute atomic E-state index is 0.0354. The minimum Gasteiger partial charge on any atom is -0.393 e. The lowest BCUT2D eigenvalue weighted by Crippen LogP contribution is -2.07. The highest BCUT2D eigenvalue weighted by Crippen LogP contribution is 2.26. The Labute approximate surface area is 94.8 Å². The lowest BCUT2D eigenvalue weighted by atomic mass is 10.1. The second kappa shape index (κ2) is 5.41. The minimum atomic E-state index is -0.290. The molecule has 1 atom stereocenters. The molecule has 1 N–H and O–H groups in total. The van der Waals surface area contributed by atoms with E-state index in [-0.39, 0.29) is 19.0 Å². The molecule has 1 aliphatic heterocycles. The molecule has 0 aliphatic carbocycles.